The Labute approximate surface area is 116 Å². The fourth-order valence-electron chi connectivity index (χ4n) is 1.57. The molecule has 0 radical (unpaired) electrons. The highest BCUT2D eigenvalue weighted by Gasteiger charge is 2.22. The SMILES string of the molecule is CC(C)C(CNC(=O)N(C)Cc1cscn1)C(=O)O. The van der Waals surface area contributed by atoms with Crippen LogP contribution in [0.5, 0.6) is 0 Å². The van der Waals surface area contributed by atoms with E-state index >= 15 is 0 Å². The van der Waals surface area contributed by atoms with Gasteiger partial charge >= 0.3 is 12.0 Å². The van der Waals surface area contributed by atoms with Crippen molar-refractivity contribution in [3.63, 3.8) is 0 Å². The summed E-state index contributed by atoms with van der Waals surface area (Å²) in [6, 6.07) is -0.292. The number of carbonyl (C=O) groups excluding carboxylic acids is 1. The standard InChI is InChI=1S/C12H19N3O3S/c1-8(2)10(11(16)17)4-13-12(18)15(3)5-9-6-19-7-14-9/h6-8,10H,4-5H2,1-3H3,(H,13,18)(H,16,17). The van der Waals surface area contributed by atoms with Crippen LogP contribution >= 0.6 is 11.3 Å². The number of nitrogens with one attached hydrogen (secondary N) is 1. The Kier molecular flexibility index (Phi) is 5.75. The summed E-state index contributed by atoms with van der Waals surface area (Å²) in [7, 11) is 1.65. The van der Waals surface area contributed by atoms with E-state index < -0.39 is 11.9 Å². The van der Waals surface area contributed by atoms with E-state index in [-0.39, 0.29) is 18.5 Å². The first kappa shape index (κ1) is 15.4. The van der Waals surface area contributed by atoms with Gasteiger partial charge in [0.1, 0.15) is 0 Å². The van der Waals surface area contributed by atoms with Gasteiger partial charge in [0.2, 0.25) is 0 Å². The molecular formula is C12H19N3O3S. The maximum absolute atomic E-state index is 11.8. The van der Waals surface area contributed by atoms with Crippen molar-refractivity contribution < 1.29 is 14.7 Å². The average molecular weight is 285 g/mol. The average Bonchev–Trinajstić information content (AvgIpc) is 2.80. The summed E-state index contributed by atoms with van der Waals surface area (Å²) < 4.78 is 0. The third-order valence-corrected chi connectivity index (χ3v) is 3.46. The first-order valence-corrected chi connectivity index (χ1v) is 6.95. The molecule has 0 bridgehead atoms. The quantitative estimate of drug-likeness (QED) is 0.832. The van der Waals surface area contributed by atoms with E-state index in [9.17, 15) is 9.59 Å². The molecule has 0 saturated carbocycles. The smallest absolute Gasteiger partial charge is 0.317 e. The molecule has 1 aromatic rings. The summed E-state index contributed by atoms with van der Waals surface area (Å²) in [5, 5.41) is 13.5. The fourth-order valence-corrected chi connectivity index (χ4v) is 2.12. The van der Waals surface area contributed by atoms with Gasteiger partial charge in [0, 0.05) is 19.0 Å². The van der Waals surface area contributed by atoms with Gasteiger partial charge < -0.3 is 15.3 Å². The number of amides is 2. The second-order valence-electron chi connectivity index (χ2n) is 4.71. The normalized spacial score (nSPS) is 12.2. The molecule has 106 valence electrons. The lowest BCUT2D eigenvalue weighted by atomic mass is 9.96. The van der Waals surface area contributed by atoms with Gasteiger partial charge in [-0.25, -0.2) is 9.78 Å². The number of rotatable bonds is 6. The zero-order chi connectivity index (χ0) is 14.4. The molecule has 1 unspecified atom stereocenters. The van der Waals surface area contributed by atoms with Crippen LogP contribution in [0.1, 0.15) is 19.5 Å². The van der Waals surface area contributed by atoms with Crippen molar-refractivity contribution in [1.29, 1.82) is 0 Å². The molecule has 0 aliphatic carbocycles. The van der Waals surface area contributed by atoms with Crippen LogP contribution in [0.2, 0.25) is 0 Å². The number of hydrogen-bond acceptors (Lipinski definition) is 4. The van der Waals surface area contributed by atoms with Gasteiger partial charge in [-0.3, -0.25) is 4.79 Å². The van der Waals surface area contributed by atoms with Crippen molar-refractivity contribution in [2.24, 2.45) is 11.8 Å². The van der Waals surface area contributed by atoms with E-state index in [4.69, 9.17) is 5.11 Å². The van der Waals surface area contributed by atoms with E-state index in [1.165, 1.54) is 16.2 Å². The summed E-state index contributed by atoms with van der Waals surface area (Å²) in [4.78, 5) is 28.4. The number of hydrogen-bond donors (Lipinski definition) is 2. The fraction of sp³-hybridized carbons (Fsp3) is 0.583. The summed E-state index contributed by atoms with van der Waals surface area (Å²) in [6.07, 6.45) is 0. The molecule has 0 saturated heterocycles. The molecule has 2 amide bonds. The van der Waals surface area contributed by atoms with Crippen LogP contribution in [0.3, 0.4) is 0 Å². The van der Waals surface area contributed by atoms with E-state index in [2.05, 4.69) is 10.3 Å². The molecule has 0 aliphatic rings. The lowest BCUT2D eigenvalue weighted by molar-refractivity contribution is -0.142. The van der Waals surface area contributed by atoms with Gasteiger partial charge in [-0.05, 0) is 5.92 Å². The summed E-state index contributed by atoms with van der Waals surface area (Å²) in [5.41, 5.74) is 2.53. The molecule has 19 heavy (non-hydrogen) atoms. The number of aromatic nitrogens is 1. The van der Waals surface area contributed by atoms with Crippen LogP contribution in [-0.4, -0.2) is 40.6 Å². The van der Waals surface area contributed by atoms with Gasteiger partial charge in [0.25, 0.3) is 0 Å². The maximum atomic E-state index is 11.8. The van der Waals surface area contributed by atoms with Crippen LogP contribution < -0.4 is 5.32 Å². The van der Waals surface area contributed by atoms with Gasteiger partial charge in [0.05, 0.1) is 23.7 Å². The van der Waals surface area contributed by atoms with Crippen molar-refractivity contribution in [3.05, 3.63) is 16.6 Å². The largest absolute Gasteiger partial charge is 0.481 e. The molecule has 6 nitrogen and oxygen atoms in total. The minimum Gasteiger partial charge on any atom is -0.481 e. The molecule has 1 heterocycles. The Morgan fingerprint density at radius 1 is 1.53 bits per heavy atom. The van der Waals surface area contributed by atoms with Crippen LogP contribution in [0.25, 0.3) is 0 Å². The van der Waals surface area contributed by atoms with Gasteiger partial charge in [0.15, 0.2) is 0 Å². The molecule has 0 aliphatic heterocycles. The van der Waals surface area contributed by atoms with E-state index in [1.54, 1.807) is 12.6 Å². The first-order chi connectivity index (χ1) is 8.91. The van der Waals surface area contributed by atoms with Crippen molar-refractivity contribution in [3.8, 4) is 0 Å². The molecule has 0 fully saturated rings. The molecule has 1 atom stereocenters. The lowest BCUT2D eigenvalue weighted by Gasteiger charge is -2.20. The number of urea groups is 1. The van der Waals surface area contributed by atoms with E-state index in [1.807, 2.05) is 19.2 Å². The topological polar surface area (TPSA) is 82.5 Å². The summed E-state index contributed by atoms with van der Waals surface area (Å²) in [6.45, 7) is 4.19. The highest BCUT2D eigenvalue weighted by atomic mass is 32.1. The zero-order valence-corrected chi connectivity index (χ0v) is 12.1. The Morgan fingerprint density at radius 2 is 2.21 bits per heavy atom. The van der Waals surface area contributed by atoms with Crippen LogP contribution in [0.15, 0.2) is 10.9 Å². The van der Waals surface area contributed by atoms with Gasteiger partial charge in [-0.2, -0.15) is 0 Å². The van der Waals surface area contributed by atoms with Crippen LogP contribution in [0, 0.1) is 11.8 Å². The van der Waals surface area contributed by atoms with Crippen LogP contribution in [0.4, 0.5) is 4.79 Å². The zero-order valence-electron chi connectivity index (χ0n) is 11.3. The van der Waals surface area contributed by atoms with Gasteiger partial charge in [-0.15, -0.1) is 11.3 Å². The minimum atomic E-state index is -0.891. The second-order valence-corrected chi connectivity index (χ2v) is 5.43. The van der Waals surface area contributed by atoms with Crippen molar-refractivity contribution >= 4 is 23.3 Å². The Bertz CT molecular complexity index is 420. The third-order valence-electron chi connectivity index (χ3n) is 2.82. The monoisotopic (exact) mass is 285 g/mol. The number of aliphatic carboxylic acids is 1. The molecule has 0 spiro atoms. The van der Waals surface area contributed by atoms with Crippen LogP contribution in [-0.2, 0) is 11.3 Å². The lowest BCUT2D eigenvalue weighted by Crippen LogP contribution is -2.41. The number of carbonyl (C=O) groups is 2. The predicted octanol–water partition coefficient (Wildman–Crippen LogP) is 1.64. The molecular weight excluding hydrogens is 266 g/mol. The van der Waals surface area contributed by atoms with E-state index in [0.29, 0.717) is 6.54 Å². The Balaban J connectivity index is 2.43. The number of thiazole rings is 1. The number of carboxylic acid groups (broad SMARTS) is 1. The Hall–Kier alpha value is -1.63. The summed E-state index contributed by atoms with van der Waals surface area (Å²) in [5.74, 6) is -1.49. The van der Waals surface area contributed by atoms with Crippen molar-refractivity contribution in [2.45, 2.75) is 20.4 Å². The first-order valence-electron chi connectivity index (χ1n) is 6.00. The van der Waals surface area contributed by atoms with Gasteiger partial charge in [-0.1, -0.05) is 13.8 Å². The highest BCUT2D eigenvalue weighted by molar-refractivity contribution is 7.07. The summed E-state index contributed by atoms with van der Waals surface area (Å²) >= 11 is 1.47. The number of nitrogens with zero attached hydrogens (tertiary/aromatic N) is 2. The second kappa shape index (κ2) is 7.08. The van der Waals surface area contributed by atoms with Crippen molar-refractivity contribution in [1.82, 2.24) is 15.2 Å². The third kappa shape index (κ3) is 4.86. The van der Waals surface area contributed by atoms with Crippen molar-refractivity contribution in [2.75, 3.05) is 13.6 Å². The van der Waals surface area contributed by atoms with E-state index in [0.717, 1.165) is 5.69 Å². The molecule has 2 N–H and O–H groups in total. The minimum absolute atomic E-state index is 0.0263. The molecule has 1 rings (SSSR count). The number of carboxylic acids is 1. The maximum Gasteiger partial charge on any atom is 0.317 e. The molecule has 0 aromatic carbocycles. The Morgan fingerprint density at radius 3 is 2.68 bits per heavy atom. The predicted molar refractivity (Wildman–Crippen MR) is 72.9 cm³/mol. The molecule has 7 heteroatoms. The molecule has 1 aromatic heterocycles. The highest BCUT2D eigenvalue weighted by Crippen LogP contribution is 2.10.